The number of benzene rings is 1. The minimum atomic E-state index is -0.327. The van der Waals surface area contributed by atoms with Crippen molar-refractivity contribution in [3.05, 3.63) is 29.8 Å². The van der Waals surface area contributed by atoms with Gasteiger partial charge in [0.15, 0.2) is 5.11 Å². The first-order chi connectivity index (χ1) is 11.5. The molecule has 0 bridgehead atoms. The standard InChI is InChI=1S/C16H22N4O3S/c1-11(10-23-2)17-16(24)19-18-15(22)12-5-3-6-13(9-12)20-8-4-7-14(20)21/h3,5-6,9,11H,4,7-8,10H2,1-2H3,(H,18,22)(H2,17,19,24)/t11-/m0/s1. The first-order valence-electron chi connectivity index (χ1n) is 7.77. The Labute approximate surface area is 146 Å². The number of nitrogens with zero attached hydrogens (tertiary/aromatic N) is 1. The molecule has 0 aliphatic carbocycles. The van der Waals surface area contributed by atoms with E-state index in [2.05, 4.69) is 16.2 Å². The Morgan fingerprint density at radius 3 is 2.88 bits per heavy atom. The minimum Gasteiger partial charge on any atom is -0.383 e. The molecule has 0 spiro atoms. The van der Waals surface area contributed by atoms with Crippen molar-refractivity contribution in [3.63, 3.8) is 0 Å². The number of methoxy groups -OCH3 is 1. The van der Waals surface area contributed by atoms with Crippen LogP contribution in [0.5, 0.6) is 0 Å². The van der Waals surface area contributed by atoms with Crippen LogP contribution < -0.4 is 21.1 Å². The summed E-state index contributed by atoms with van der Waals surface area (Å²) in [7, 11) is 1.61. The first kappa shape index (κ1) is 18.2. The van der Waals surface area contributed by atoms with Gasteiger partial charge >= 0.3 is 0 Å². The maximum Gasteiger partial charge on any atom is 0.269 e. The molecule has 1 aliphatic heterocycles. The summed E-state index contributed by atoms with van der Waals surface area (Å²) in [5.74, 6) is -0.241. The summed E-state index contributed by atoms with van der Waals surface area (Å²) < 4.78 is 5.00. The van der Waals surface area contributed by atoms with Crippen LogP contribution in [0.1, 0.15) is 30.1 Å². The highest BCUT2D eigenvalue weighted by Gasteiger charge is 2.22. The predicted octanol–water partition coefficient (Wildman–Crippen LogP) is 0.957. The van der Waals surface area contributed by atoms with Crippen LogP contribution in [-0.2, 0) is 9.53 Å². The third-order valence-corrected chi connectivity index (χ3v) is 3.80. The third kappa shape index (κ3) is 4.90. The van der Waals surface area contributed by atoms with Gasteiger partial charge in [-0.1, -0.05) is 6.07 Å². The fraction of sp³-hybridized carbons (Fsp3) is 0.438. The second-order valence-electron chi connectivity index (χ2n) is 5.61. The number of carbonyl (C=O) groups excluding carboxylic acids is 2. The lowest BCUT2D eigenvalue weighted by Gasteiger charge is -2.18. The van der Waals surface area contributed by atoms with Crippen molar-refractivity contribution in [1.29, 1.82) is 0 Å². The van der Waals surface area contributed by atoms with Crippen LogP contribution in [0.4, 0.5) is 5.69 Å². The molecule has 1 saturated heterocycles. The topological polar surface area (TPSA) is 82.7 Å². The molecule has 3 N–H and O–H groups in total. The van der Waals surface area contributed by atoms with Gasteiger partial charge in [-0.15, -0.1) is 0 Å². The molecule has 1 aliphatic rings. The lowest BCUT2D eigenvalue weighted by molar-refractivity contribution is -0.117. The number of ether oxygens (including phenoxy) is 1. The van der Waals surface area contributed by atoms with E-state index in [-0.39, 0.29) is 17.9 Å². The van der Waals surface area contributed by atoms with Crippen LogP contribution in [0, 0.1) is 0 Å². The Bertz CT molecular complexity index is 623. The van der Waals surface area contributed by atoms with Crippen LogP contribution in [0.15, 0.2) is 24.3 Å². The second kappa shape index (κ2) is 8.60. The van der Waals surface area contributed by atoms with Crippen LogP contribution in [-0.4, -0.2) is 43.2 Å². The van der Waals surface area contributed by atoms with Crippen molar-refractivity contribution in [2.24, 2.45) is 0 Å². The Balaban J connectivity index is 1.90. The normalized spacial score (nSPS) is 15.1. The maximum atomic E-state index is 12.2. The predicted molar refractivity (Wildman–Crippen MR) is 95.7 cm³/mol. The van der Waals surface area contributed by atoms with E-state index in [0.29, 0.717) is 30.2 Å². The summed E-state index contributed by atoms with van der Waals surface area (Å²) in [5.41, 5.74) is 6.38. The molecule has 0 aromatic heterocycles. The largest absolute Gasteiger partial charge is 0.383 e. The highest BCUT2D eigenvalue weighted by Crippen LogP contribution is 2.22. The fourth-order valence-electron chi connectivity index (χ4n) is 2.47. The highest BCUT2D eigenvalue weighted by molar-refractivity contribution is 7.80. The number of thiocarbonyl (C=S) groups is 1. The minimum absolute atomic E-state index is 0.0245. The summed E-state index contributed by atoms with van der Waals surface area (Å²) in [4.78, 5) is 25.7. The van der Waals surface area contributed by atoms with Crippen LogP contribution >= 0.6 is 12.2 Å². The van der Waals surface area contributed by atoms with Crippen molar-refractivity contribution < 1.29 is 14.3 Å². The summed E-state index contributed by atoms with van der Waals surface area (Å²) >= 11 is 5.10. The van der Waals surface area contributed by atoms with Crippen LogP contribution in [0.25, 0.3) is 0 Å². The van der Waals surface area contributed by atoms with Gasteiger partial charge in [-0.2, -0.15) is 0 Å². The van der Waals surface area contributed by atoms with Crippen LogP contribution in [0.3, 0.4) is 0 Å². The van der Waals surface area contributed by atoms with E-state index in [9.17, 15) is 9.59 Å². The molecule has 1 atom stereocenters. The molecule has 1 aromatic rings. The molecule has 0 saturated carbocycles. The van der Waals surface area contributed by atoms with Gasteiger partial charge in [0.1, 0.15) is 0 Å². The number of amides is 2. The van der Waals surface area contributed by atoms with Gasteiger partial charge in [0, 0.05) is 37.4 Å². The van der Waals surface area contributed by atoms with Gasteiger partial charge in [-0.3, -0.25) is 20.4 Å². The van der Waals surface area contributed by atoms with Gasteiger partial charge in [-0.25, -0.2) is 0 Å². The van der Waals surface area contributed by atoms with E-state index in [0.717, 1.165) is 12.1 Å². The summed E-state index contributed by atoms with van der Waals surface area (Å²) in [6, 6.07) is 6.99. The lowest BCUT2D eigenvalue weighted by Crippen LogP contribution is -2.49. The molecule has 1 aromatic carbocycles. The van der Waals surface area contributed by atoms with Crippen molar-refractivity contribution in [1.82, 2.24) is 16.2 Å². The van der Waals surface area contributed by atoms with Crippen molar-refractivity contribution >= 4 is 34.8 Å². The average molecular weight is 350 g/mol. The molecule has 2 amide bonds. The van der Waals surface area contributed by atoms with Crippen molar-refractivity contribution in [3.8, 4) is 0 Å². The number of carbonyl (C=O) groups is 2. The molecule has 8 heteroatoms. The first-order valence-corrected chi connectivity index (χ1v) is 8.18. The molecule has 1 fully saturated rings. The van der Waals surface area contributed by atoms with Gasteiger partial charge < -0.3 is 15.0 Å². The Morgan fingerprint density at radius 1 is 1.42 bits per heavy atom. The lowest BCUT2D eigenvalue weighted by atomic mass is 10.2. The summed E-state index contributed by atoms with van der Waals surface area (Å²) in [6.07, 6.45) is 1.40. The molecule has 130 valence electrons. The van der Waals surface area contributed by atoms with E-state index in [1.165, 1.54) is 0 Å². The Kier molecular flexibility index (Phi) is 6.51. The molecular weight excluding hydrogens is 328 g/mol. The second-order valence-corrected chi connectivity index (χ2v) is 6.02. The van der Waals surface area contributed by atoms with E-state index >= 15 is 0 Å². The van der Waals surface area contributed by atoms with Crippen LogP contribution in [0.2, 0.25) is 0 Å². The van der Waals surface area contributed by atoms with Gasteiger partial charge in [0.2, 0.25) is 5.91 Å². The Morgan fingerprint density at radius 2 is 2.21 bits per heavy atom. The maximum absolute atomic E-state index is 12.2. The number of hydrogen-bond donors (Lipinski definition) is 3. The van der Waals surface area contributed by atoms with E-state index in [1.807, 2.05) is 13.0 Å². The number of rotatable bonds is 5. The zero-order chi connectivity index (χ0) is 17.5. The van der Waals surface area contributed by atoms with Gasteiger partial charge in [0.05, 0.1) is 6.61 Å². The molecule has 24 heavy (non-hydrogen) atoms. The Hall–Kier alpha value is -2.19. The quantitative estimate of drug-likeness (QED) is 0.542. The number of anilines is 1. The monoisotopic (exact) mass is 350 g/mol. The number of hydrazine groups is 1. The van der Waals surface area contributed by atoms with E-state index in [4.69, 9.17) is 17.0 Å². The zero-order valence-corrected chi connectivity index (χ0v) is 14.6. The van der Waals surface area contributed by atoms with E-state index < -0.39 is 0 Å². The molecule has 1 heterocycles. The molecular formula is C16H22N4O3S. The zero-order valence-electron chi connectivity index (χ0n) is 13.8. The summed E-state index contributed by atoms with van der Waals surface area (Å²) in [5, 5.41) is 3.28. The number of nitrogens with one attached hydrogen (secondary N) is 3. The highest BCUT2D eigenvalue weighted by atomic mass is 32.1. The molecule has 0 radical (unpaired) electrons. The van der Waals surface area contributed by atoms with E-state index in [1.54, 1.807) is 30.2 Å². The number of hydrogen-bond acceptors (Lipinski definition) is 4. The fourth-order valence-corrected chi connectivity index (χ4v) is 2.73. The summed E-state index contributed by atoms with van der Waals surface area (Å²) in [6.45, 7) is 3.10. The molecule has 0 unspecified atom stereocenters. The van der Waals surface area contributed by atoms with Crippen molar-refractivity contribution in [2.45, 2.75) is 25.8 Å². The van der Waals surface area contributed by atoms with Crippen molar-refractivity contribution in [2.75, 3.05) is 25.2 Å². The third-order valence-electron chi connectivity index (χ3n) is 3.58. The molecule has 7 nitrogen and oxygen atoms in total. The van der Waals surface area contributed by atoms with Gasteiger partial charge in [-0.05, 0) is 43.8 Å². The SMILES string of the molecule is COC[C@H](C)NC(=S)NNC(=O)c1cccc(N2CCCC2=O)c1. The smallest absolute Gasteiger partial charge is 0.269 e. The molecule has 2 rings (SSSR count). The van der Waals surface area contributed by atoms with Gasteiger partial charge in [0.25, 0.3) is 5.91 Å². The average Bonchev–Trinajstić information content (AvgIpc) is 2.99.